The molecule has 0 bridgehead atoms. The molecule has 23 heavy (non-hydrogen) atoms. The Hall–Kier alpha value is -1.55. The van der Waals surface area contributed by atoms with E-state index in [0.29, 0.717) is 5.56 Å². The van der Waals surface area contributed by atoms with E-state index in [0.717, 1.165) is 0 Å². The molecular weight excluding hydrogens is 311 g/mol. The Morgan fingerprint density at radius 3 is 2.65 bits per heavy atom. The Balaban J connectivity index is 2.01. The van der Waals surface area contributed by atoms with Crippen LogP contribution in [-0.4, -0.2) is 47.1 Å². The van der Waals surface area contributed by atoms with Gasteiger partial charge in [-0.1, -0.05) is 0 Å². The molecule has 0 radical (unpaired) electrons. The summed E-state index contributed by atoms with van der Waals surface area (Å²) in [5.41, 5.74) is -0.817. The Morgan fingerprint density at radius 1 is 1.35 bits per heavy atom. The number of methoxy groups -OCH3 is 1. The number of H-pyrrole nitrogens is 1. The summed E-state index contributed by atoms with van der Waals surface area (Å²) >= 11 is 0. The average Bonchev–Trinajstić information content (AvgIpc) is 2.95. The maximum atomic E-state index is 14.0. The summed E-state index contributed by atoms with van der Waals surface area (Å²) in [6.07, 6.45) is -3.78. The van der Waals surface area contributed by atoms with Gasteiger partial charge in [-0.25, -0.2) is 9.18 Å². The smallest absolute Gasteiger partial charge is 0.330 e. The van der Waals surface area contributed by atoms with Crippen LogP contribution in [0.5, 0.6) is 0 Å². The zero-order chi connectivity index (χ0) is 16.9. The van der Waals surface area contributed by atoms with Crippen molar-refractivity contribution in [3.05, 3.63) is 32.6 Å². The average molecular weight is 330 g/mol. The molecule has 2 aliphatic rings. The van der Waals surface area contributed by atoms with Crippen molar-refractivity contribution in [3.8, 4) is 0 Å². The number of hydrogen-bond donors (Lipinski definition) is 1. The number of nitrogens with zero attached hydrogens (tertiary/aromatic N) is 1. The number of aromatic amines is 1. The van der Waals surface area contributed by atoms with E-state index in [2.05, 4.69) is 4.98 Å². The van der Waals surface area contributed by atoms with Crippen LogP contribution >= 0.6 is 0 Å². The molecule has 128 valence electrons. The first-order valence-corrected chi connectivity index (χ1v) is 7.23. The number of rotatable bonds is 3. The third kappa shape index (κ3) is 2.74. The molecule has 3 rings (SSSR count). The van der Waals surface area contributed by atoms with Gasteiger partial charge in [-0.3, -0.25) is 14.3 Å². The topological polar surface area (TPSA) is 91.8 Å². The second kappa shape index (κ2) is 5.52. The molecule has 5 atom stereocenters. The van der Waals surface area contributed by atoms with Gasteiger partial charge in [0.25, 0.3) is 5.56 Å². The van der Waals surface area contributed by atoms with Crippen molar-refractivity contribution in [2.45, 2.75) is 57.5 Å². The molecule has 0 spiro atoms. The maximum absolute atomic E-state index is 14.0. The quantitative estimate of drug-likeness (QED) is 0.851. The van der Waals surface area contributed by atoms with Gasteiger partial charge in [0.1, 0.15) is 18.3 Å². The highest BCUT2D eigenvalue weighted by Crippen LogP contribution is 2.43. The number of aryl methyl sites for hydroxylation is 1. The predicted octanol–water partition coefficient (Wildman–Crippen LogP) is 0.205. The highest BCUT2D eigenvalue weighted by molar-refractivity contribution is 5.05. The van der Waals surface area contributed by atoms with Gasteiger partial charge in [-0.2, -0.15) is 0 Å². The lowest BCUT2D eigenvalue weighted by Gasteiger charge is -2.25. The van der Waals surface area contributed by atoms with Crippen LogP contribution in [0.25, 0.3) is 0 Å². The maximum Gasteiger partial charge on any atom is 0.330 e. The Kier molecular flexibility index (Phi) is 3.91. The second-order valence-corrected chi connectivity index (χ2v) is 6.12. The SMILES string of the molecule is CO[C@@H](F)[C@H]1O[C@@H](n2cc(C)c(=O)[nH]c2=O)[C@@H]2OC(C)(C)O[C@@H]21. The van der Waals surface area contributed by atoms with E-state index < -0.39 is 47.9 Å². The fourth-order valence-corrected chi connectivity index (χ4v) is 2.95. The highest BCUT2D eigenvalue weighted by atomic mass is 19.1. The number of hydrogen-bond acceptors (Lipinski definition) is 6. The van der Waals surface area contributed by atoms with Gasteiger partial charge in [-0.05, 0) is 20.8 Å². The summed E-state index contributed by atoms with van der Waals surface area (Å²) in [4.78, 5) is 25.8. The van der Waals surface area contributed by atoms with Crippen molar-refractivity contribution in [2.24, 2.45) is 0 Å². The van der Waals surface area contributed by atoms with Gasteiger partial charge in [0.2, 0.25) is 6.36 Å². The van der Waals surface area contributed by atoms with Crippen LogP contribution in [-0.2, 0) is 18.9 Å². The molecule has 3 heterocycles. The minimum Gasteiger partial charge on any atom is -0.349 e. The van der Waals surface area contributed by atoms with Crippen LogP contribution in [0.15, 0.2) is 15.8 Å². The summed E-state index contributed by atoms with van der Waals surface area (Å²) in [6.45, 7) is 4.95. The van der Waals surface area contributed by atoms with E-state index in [1.54, 1.807) is 20.8 Å². The van der Waals surface area contributed by atoms with Crippen LogP contribution < -0.4 is 11.2 Å². The second-order valence-electron chi connectivity index (χ2n) is 6.12. The highest BCUT2D eigenvalue weighted by Gasteiger charge is 2.58. The Bertz CT molecular complexity index is 714. The molecule has 0 unspecified atom stereocenters. The number of alkyl halides is 1. The third-order valence-electron chi connectivity index (χ3n) is 3.97. The lowest BCUT2D eigenvalue weighted by Crippen LogP contribution is -2.38. The first-order chi connectivity index (χ1) is 10.7. The first kappa shape index (κ1) is 16.3. The van der Waals surface area contributed by atoms with Crippen LogP contribution in [0.4, 0.5) is 4.39 Å². The largest absolute Gasteiger partial charge is 0.349 e. The van der Waals surface area contributed by atoms with E-state index in [-0.39, 0.29) is 0 Å². The van der Waals surface area contributed by atoms with E-state index in [1.165, 1.54) is 17.9 Å². The minimum absolute atomic E-state index is 0.329. The summed E-state index contributed by atoms with van der Waals surface area (Å²) in [6, 6.07) is 0. The number of nitrogens with one attached hydrogen (secondary N) is 1. The van der Waals surface area contributed by atoms with Crippen LogP contribution in [0.1, 0.15) is 25.6 Å². The third-order valence-corrected chi connectivity index (χ3v) is 3.97. The van der Waals surface area contributed by atoms with E-state index in [9.17, 15) is 14.0 Å². The van der Waals surface area contributed by atoms with Crippen molar-refractivity contribution in [1.29, 1.82) is 0 Å². The van der Waals surface area contributed by atoms with Gasteiger partial charge in [0.05, 0.1) is 0 Å². The minimum atomic E-state index is -1.73. The van der Waals surface area contributed by atoms with Crippen molar-refractivity contribution >= 4 is 0 Å². The molecule has 8 nitrogen and oxygen atoms in total. The number of halogens is 1. The molecule has 2 fully saturated rings. The number of aromatic nitrogens is 2. The van der Waals surface area contributed by atoms with E-state index in [1.807, 2.05) is 0 Å². The molecule has 1 aromatic heterocycles. The summed E-state index contributed by atoms with van der Waals surface area (Å²) in [5.74, 6) is -0.941. The molecule has 0 saturated carbocycles. The van der Waals surface area contributed by atoms with Crippen molar-refractivity contribution in [3.63, 3.8) is 0 Å². The van der Waals surface area contributed by atoms with Gasteiger partial charge in [0, 0.05) is 18.9 Å². The van der Waals surface area contributed by atoms with Crippen molar-refractivity contribution < 1.29 is 23.3 Å². The Morgan fingerprint density at radius 2 is 2.00 bits per heavy atom. The van der Waals surface area contributed by atoms with E-state index >= 15 is 0 Å². The fourth-order valence-electron chi connectivity index (χ4n) is 2.95. The molecule has 0 aliphatic carbocycles. The fraction of sp³-hybridized carbons (Fsp3) is 0.714. The van der Waals surface area contributed by atoms with Gasteiger partial charge >= 0.3 is 5.69 Å². The van der Waals surface area contributed by atoms with Gasteiger partial charge in [0.15, 0.2) is 12.0 Å². The molecule has 9 heteroatoms. The standard InChI is InChI=1S/C14H19FN2O6/c1-6-5-17(13(19)16-11(6)18)12-9-7(22-14(2,3)23-9)8(21-12)10(15)20-4/h5,7-10,12H,1-4H3,(H,16,18,19)/t7-,8+,9-,10-,12-/m1/s1. The lowest BCUT2D eigenvalue weighted by atomic mass is 10.1. The molecule has 2 aliphatic heterocycles. The number of ether oxygens (including phenoxy) is 4. The van der Waals surface area contributed by atoms with E-state index in [4.69, 9.17) is 18.9 Å². The zero-order valence-corrected chi connectivity index (χ0v) is 13.2. The molecular formula is C14H19FN2O6. The molecule has 1 N–H and O–H groups in total. The summed E-state index contributed by atoms with van der Waals surface area (Å²) in [5, 5.41) is 0. The molecule has 1 aromatic rings. The zero-order valence-electron chi connectivity index (χ0n) is 13.2. The summed E-state index contributed by atoms with van der Waals surface area (Å²) in [7, 11) is 1.22. The summed E-state index contributed by atoms with van der Waals surface area (Å²) < 4.78 is 37.0. The first-order valence-electron chi connectivity index (χ1n) is 7.23. The normalized spacial score (nSPS) is 33.6. The number of fused-ring (bicyclic) bond motifs is 1. The van der Waals surface area contributed by atoms with Crippen LogP contribution in [0, 0.1) is 6.92 Å². The molecule has 2 saturated heterocycles. The van der Waals surface area contributed by atoms with Crippen LogP contribution in [0.2, 0.25) is 0 Å². The molecule has 0 aromatic carbocycles. The van der Waals surface area contributed by atoms with Crippen molar-refractivity contribution in [2.75, 3.05) is 7.11 Å². The monoisotopic (exact) mass is 330 g/mol. The van der Waals surface area contributed by atoms with Crippen LogP contribution in [0.3, 0.4) is 0 Å². The van der Waals surface area contributed by atoms with Crippen molar-refractivity contribution in [1.82, 2.24) is 9.55 Å². The van der Waals surface area contributed by atoms with Gasteiger partial charge < -0.3 is 18.9 Å². The van der Waals surface area contributed by atoms with Gasteiger partial charge in [-0.15, -0.1) is 0 Å². The molecule has 0 amide bonds. The lowest BCUT2D eigenvalue weighted by molar-refractivity contribution is -0.222. The predicted molar refractivity (Wildman–Crippen MR) is 75.7 cm³/mol. The Labute approximate surface area is 131 Å².